The van der Waals surface area contributed by atoms with Crippen molar-refractivity contribution in [1.82, 2.24) is 5.32 Å². The van der Waals surface area contributed by atoms with Crippen LogP contribution in [0.4, 0.5) is 0 Å². The number of hydrogen-bond donors (Lipinski definition) is 2. The molecule has 0 radical (unpaired) electrons. The Bertz CT molecular complexity index is 659. The zero-order valence-corrected chi connectivity index (χ0v) is 14.2. The first kappa shape index (κ1) is 16.8. The largest absolute Gasteiger partial charge is 0.486 e. The molecule has 128 valence electrons. The first-order valence-electron chi connectivity index (χ1n) is 8.51. The van der Waals surface area contributed by atoms with Crippen molar-refractivity contribution in [2.75, 3.05) is 13.2 Å². The van der Waals surface area contributed by atoms with E-state index < -0.39 is 6.10 Å². The second-order valence-corrected chi connectivity index (χ2v) is 6.34. The lowest BCUT2D eigenvalue weighted by molar-refractivity contribution is 0.129. The average Bonchev–Trinajstić information content (AvgIpc) is 2.62. The predicted octanol–water partition coefficient (Wildman–Crippen LogP) is 3.10. The van der Waals surface area contributed by atoms with E-state index in [0.29, 0.717) is 19.6 Å². The van der Waals surface area contributed by atoms with E-state index in [1.165, 1.54) is 0 Å². The molecular formula is C20H25NO3. The molecule has 4 heteroatoms. The topological polar surface area (TPSA) is 50.7 Å². The van der Waals surface area contributed by atoms with Gasteiger partial charge in [-0.3, -0.25) is 0 Å². The van der Waals surface area contributed by atoms with Crippen molar-refractivity contribution in [3.8, 4) is 11.5 Å². The van der Waals surface area contributed by atoms with Gasteiger partial charge in [0, 0.05) is 12.1 Å². The Balaban J connectivity index is 1.60. The highest BCUT2D eigenvalue weighted by Crippen LogP contribution is 2.32. The number of aliphatic hydroxyl groups is 1. The number of rotatable bonds is 6. The summed E-state index contributed by atoms with van der Waals surface area (Å²) in [6.07, 6.45) is 0.204. The number of fused-ring (bicyclic) bond motifs is 1. The minimum absolute atomic E-state index is 0.0200. The molecule has 3 rings (SSSR count). The predicted molar refractivity (Wildman–Crippen MR) is 94.6 cm³/mol. The minimum Gasteiger partial charge on any atom is -0.486 e. The Morgan fingerprint density at radius 1 is 1.00 bits per heavy atom. The van der Waals surface area contributed by atoms with Crippen molar-refractivity contribution in [1.29, 1.82) is 0 Å². The molecule has 4 nitrogen and oxygen atoms in total. The fourth-order valence-electron chi connectivity index (χ4n) is 2.96. The van der Waals surface area contributed by atoms with Crippen molar-refractivity contribution in [2.24, 2.45) is 0 Å². The lowest BCUT2D eigenvalue weighted by Gasteiger charge is -2.26. The fourth-order valence-corrected chi connectivity index (χ4v) is 2.96. The van der Waals surface area contributed by atoms with Gasteiger partial charge in [0.25, 0.3) is 0 Å². The number of hydrogen-bond acceptors (Lipinski definition) is 4. The van der Waals surface area contributed by atoms with Crippen LogP contribution in [0.2, 0.25) is 0 Å². The summed E-state index contributed by atoms with van der Waals surface area (Å²) in [6, 6.07) is 16.2. The van der Waals surface area contributed by atoms with Crippen molar-refractivity contribution in [3.05, 3.63) is 59.7 Å². The van der Waals surface area contributed by atoms with Crippen LogP contribution in [0.3, 0.4) is 0 Å². The van der Waals surface area contributed by atoms with Gasteiger partial charge in [-0.1, -0.05) is 36.4 Å². The summed E-state index contributed by atoms with van der Waals surface area (Å²) in [5, 5.41) is 13.9. The van der Waals surface area contributed by atoms with Crippen molar-refractivity contribution >= 4 is 0 Å². The molecule has 0 aliphatic carbocycles. The highest BCUT2D eigenvalue weighted by molar-refractivity contribution is 5.44. The van der Waals surface area contributed by atoms with E-state index in [1.807, 2.05) is 55.5 Å². The van der Waals surface area contributed by atoms with Crippen molar-refractivity contribution < 1.29 is 14.6 Å². The second kappa shape index (κ2) is 7.69. The molecule has 1 aliphatic heterocycles. The quantitative estimate of drug-likeness (QED) is 0.856. The van der Waals surface area contributed by atoms with Crippen LogP contribution in [0.1, 0.15) is 31.0 Å². The first-order valence-corrected chi connectivity index (χ1v) is 8.51. The molecule has 0 fully saturated rings. The molecular weight excluding hydrogens is 302 g/mol. The zero-order valence-electron chi connectivity index (χ0n) is 14.2. The normalized spacial score (nSPS) is 17.1. The van der Waals surface area contributed by atoms with Gasteiger partial charge in [-0.25, -0.2) is 0 Å². The number of nitrogens with one attached hydrogen (secondary N) is 1. The van der Waals surface area contributed by atoms with Gasteiger partial charge in [-0.05, 0) is 43.5 Å². The van der Waals surface area contributed by atoms with Crippen LogP contribution in [-0.2, 0) is 6.42 Å². The summed E-state index contributed by atoms with van der Waals surface area (Å²) in [5.74, 6) is 1.60. The number of benzene rings is 2. The van der Waals surface area contributed by atoms with Gasteiger partial charge < -0.3 is 19.9 Å². The monoisotopic (exact) mass is 327 g/mol. The molecule has 2 N–H and O–H groups in total. The molecule has 3 atom stereocenters. The van der Waals surface area contributed by atoms with Gasteiger partial charge in [-0.2, -0.15) is 0 Å². The van der Waals surface area contributed by atoms with Crippen molar-refractivity contribution in [2.45, 2.75) is 38.5 Å². The van der Waals surface area contributed by atoms with Crippen LogP contribution in [0, 0.1) is 0 Å². The molecule has 0 saturated carbocycles. The number of aliphatic hydroxyl groups excluding tert-OH is 1. The summed E-state index contributed by atoms with van der Waals surface area (Å²) >= 11 is 0. The van der Waals surface area contributed by atoms with Crippen LogP contribution >= 0.6 is 0 Å². The molecule has 0 bridgehead atoms. The van der Waals surface area contributed by atoms with Gasteiger partial charge in [0.15, 0.2) is 11.5 Å². The first-order chi connectivity index (χ1) is 11.6. The maximum Gasteiger partial charge on any atom is 0.161 e. The molecule has 0 spiro atoms. The van der Waals surface area contributed by atoms with Gasteiger partial charge in [0.2, 0.25) is 0 Å². The smallest absolute Gasteiger partial charge is 0.161 e. The molecule has 2 aromatic rings. The molecule has 24 heavy (non-hydrogen) atoms. The van der Waals surface area contributed by atoms with Gasteiger partial charge >= 0.3 is 0 Å². The lowest BCUT2D eigenvalue weighted by Crippen LogP contribution is -2.40. The molecule has 3 unspecified atom stereocenters. The molecule has 1 heterocycles. The Labute approximate surface area is 143 Å². The summed E-state index contributed by atoms with van der Waals surface area (Å²) < 4.78 is 11.2. The Morgan fingerprint density at radius 3 is 2.46 bits per heavy atom. The van der Waals surface area contributed by atoms with Crippen LogP contribution < -0.4 is 14.8 Å². The maximum absolute atomic E-state index is 10.5. The van der Waals surface area contributed by atoms with Gasteiger partial charge in [0.1, 0.15) is 13.2 Å². The SMILES string of the molecule is CC(NC(C)C(O)Cc1ccccc1)c1ccc2c(c1)OCCO2. The van der Waals surface area contributed by atoms with E-state index in [-0.39, 0.29) is 12.1 Å². The average molecular weight is 327 g/mol. The summed E-state index contributed by atoms with van der Waals surface area (Å²) in [4.78, 5) is 0. The highest BCUT2D eigenvalue weighted by Gasteiger charge is 2.19. The van der Waals surface area contributed by atoms with E-state index in [9.17, 15) is 5.11 Å². The Kier molecular flexibility index (Phi) is 5.38. The fraction of sp³-hybridized carbons (Fsp3) is 0.400. The minimum atomic E-state index is -0.438. The Morgan fingerprint density at radius 2 is 1.71 bits per heavy atom. The maximum atomic E-state index is 10.5. The third kappa shape index (κ3) is 4.08. The van der Waals surface area contributed by atoms with E-state index in [2.05, 4.69) is 12.2 Å². The summed E-state index contributed by atoms with van der Waals surface area (Å²) in [6.45, 7) is 5.30. The van der Waals surface area contributed by atoms with E-state index in [0.717, 1.165) is 22.6 Å². The highest BCUT2D eigenvalue weighted by atomic mass is 16.6. The second-order valence-electron chi connectivity index (χ2n) is 6.34. The molecule has 0 saturated heterocycles. The Hall–Kier alpha value is -2.04. The third-order valence-corrected chi connectivity index (χ3v) is 4.44. The van der Waals surface area contributed by atoms with Gasteiger partial charge in [-0.15, -0.1) is 0 Å². The van der Waals surface area contributed by atoms with Crippen LogP contribution in [0.25, 0.3) is 0 Å². The summed E-state index contributed by atoms with van der Waals surface area (Å²) in [5.41, 5.74) is 2.27. The van der Waals surface area contributed by atoms with Crippen LogP contribution in [-0.4, -0.2) is 30.5 Å². The van der Waals surface area contributed by atoms with E-state index >= 15 is 0 Å². The molecule has 0 aromatic heterocycles. The molecule has 0 amide bonds. The summed E-state index contributed by atoms with van der Waals surface area (Å²) in [7, 11) is 0. The standard InChI is InChI=1S/C20H25NO3/c1-14(17-8-9-19-20(13-17)24-11-10-23-19)21-15(2)18(22)12-16-6-4-3-5-7-16/h3-9,13-15,18,21-22H,10-12H2,1-2H3. The number of ether oxygens (including phenoxy) is 2. The third-order valence-electron chi connectivity index (χ3n) is 4.44. The molecule has 1 aliphatic rings. The molecule has 2 aromatic carbocycles. The van der Waals surface area contributed by atoms with Crippen LogP contribution in [0.15, 0.2) is 48.5 Å². The lowest BCUT2D eigenvalue weighted by atomic mass is 10.0. The van der Waals surface area contributed by atoms with Crippen molar-refractivity contribution in [3.63, 3.8) is 0 Å². The van der Waals surface area contributed by atoms with Gasteiger partial charge in [0.05, 0.1) is 6.10 Å². The van der Waals surface area contributed by atoms with Crippen LogP contribution in [0.5, 0.6) is 11.5 Å². The van der Waals surface area contributed by atoms with E-state index in [1.54, 1.807) is 0 Å². The zero-order chi connectivity index (χ0) is 16.9. The van der Waals surface area contributed by atoms with E-state index in [4.69, 9.17) is 9.47 Å².